The summed E-state index contributed by atoms with van der Waals surface area (Å²) in [7, 11) is -3.79. The highest BCUT2D eigenvalue weighted by Crippen LogP contribution is 2.47. The number of likely N-dealkylation sites (tertiary alicyclic amines) is 1. The van der Waals surface area contributed by atoms with E-state index in [2.05, 4.69) is 15.5 Å². The minimum atomic E-state index is -3.79. The molecule has 3 fully saturated rings. The predicted octanol–water partition coefficient (Wildman–Crippen LogP) is 7.69. The van der Waals surface area contributed by atoms with Gasteiger partial charge in [-0.15, -0.1) is 11.3 Å². The molecule has 5 heterocycles. The number of hydrogen-bond acceptors (Lipinski definition) is 12. The molecule has 0 saturated carbocycles. The number of halogens is 1. The average Bonchev–Trinajstić information content (AvgIpc) is 3.81. The zero-order valence-corrected chi connectivity index (χ0v) is 41.2. The molecule has 4 aromatic carbocycles. The van der Waals surface area contributed by atoms with Gasteiger partial charge in [0.1, 0.15) is 11.1 Å². The van der Waals surface area contributed by atoms with Crippen LogP contribution in [0.3, 0.4) is 0 Å². The van der Waals surface area contributed by atoms with Crippen LogP contribution in [-0.4, -0.2) is 114 Å². The number of aliphatic carboxylic acids is 1. The van der Waals surface area contributed by atoms with Crippen LogP contribution in [0.2, 0.25) is 5.02 Å². The third-order valence-electron chi connectivity index (χ3n) is 13.6. The maximum Gasteiger partial charge on any atom is 0.349 e. The molecule has 2 atom stereocenters. The highest BCUT2D eigenvalue weighted by atomic mass is 35.5. The van der Waals surface area contributed by atoms with E-state index < -0.39 is 46.1 Å². The number of rotatable bonds is 15. The molecule has 3 saturated heterocycles. The van der Waals surface area contributed by atoms with E-state index in [0.717, 1.165) is 40.5 Å². The lowest BCUT2D eigenvalue weighted by Crippen LogP contribution is -2.53. The average molecular weight is 1020 g/mol. The molecule has 20 heteroatoms. The van der Waals surface area contributed by atoms with Gasteiger partial charge < -0.3 is 20.3 Å². The number of aliphatic imine (C=N–C) groups is 1. The van der Waals surface area contributed by atoms with Crippen LogP contribution in [0.25, 0.3) is 21.2 Å². The number of sulfonamides is 1. The van der Waals surface area contributed by atoms with E-state index in [1.165, 1.54) is 4.90 Å². The number of piperidine rings is 3. The van der Waals surface area contributed by atoms with E-state index >= 15 is 0 Å². The summed E-state index contributed by atoms with van der Waals surface area (Å²) in [4.78, 5) is 83.1. The molecule has 71 heavy (non-hydrogen) atoms. The Morgan fingerprint density at radius 1 is 0.958 bits per heavy atom. The first-order chi connectivity index (χ1) is 33.9. The van der Waals surface area contributed by atoms with Gasteiger partial charge in [-0.3, -0.25) is 39.3 Å². The van der Waals surface area contributed by atoms with Crippen molar-refractivity contribution in [1.29, 1.82) is 0 Å². The summed E-state index contributed by atoms with van der Waals surface area (Å²) in [6.45, 7) is 4.80. The normalized spacial score (nSPS) is 19.9. The van der Waals surface area contributed by atoms with Crippen LogP contribution in [0.5, 0.6) is 5.75 Å². The van der Waals surface area contributed by atoms with Crippen LogP contribution in [0, 0.1) is 5.92 Å². The number of hydrogen-bond donors (Lipinski definition) is 4. The highest BCUT2D eigenvalue weighted by Gasteiger charge is 2.43. The molecule has 5 aromatic rings. The zero-order valence-electron chi connectivity index (χ0n) is 38.9. The van der Waals surface area contributed by atoms with Crippen molar-refractivity contribution >= 4 is 103 Å². The lowest BCUT2D eigenvalue weighted by Gasteiger charge is -2.43. The van der Waals surface area contributed by atoms with Crippen LogP contribution in [0.1, 0.15) is 89.4 Å². The second kappa shape index (κ2) is 19.9. The SMILES string of the molecule is CC1(C)CC(C=Nc2cccc(-c3sc(C(=O)O)c(OCC(=O)O)c3Cl)c2)CCN1S(=O)(=O)Cc1cccc(NC(=O)CN2CCC(c3ccc4c5c(cccc35)C(=O)N4C3CCC(=O)NC3=O)CC2)c1. The second-order valence-electron chi connectivity index (χ2n) is 19.0. The van der Waals surface area contributed by atoms with Crippen LogP contribution >= 0.6 is 22.9 Å². The van der Waals surface area contributed by atoms with Gasteiger partial charge in [-0.25, -0.2) is 18.0 Å². The van der Waals surface area contributed by atoms with Crippen LogP contribution in [0.15, 0.2) is 83.9 Å². The Bertz CT molecular complexity index is 3150. The number of carbonyl (C=O) groups is 6. The van der Waals surface area contributed by atoms with Gasteiger partial charge in [0.05, 0.1) is 28.5 Å². The van der Waals surface area contributed by atoms with Crippen molar-refractivity contribution < 1.29 is 52.1 Å². The van der Waals surface area contributed by atoms with E-state index in [1.807, 2.05) is 38.1 Å². The Kier molecular flexibility index (Phi) is 13.9. The maximum absolute atomic E-state index is 14.0. The molecule has 17 nitrogen and oxygen atoms in total. The number of nitrogens with zero attached hydrogens (tertiary/aromatic N) is 4. The van der Waals surface area contributed by atoms with E-state index in [-0.39, 0.29) is 76.9 Å². The molecule has 1 aromatic heterocycles. The largest absolute Gasteiger partial charge is 0.479 e. The van der Waals surface area contributed by atoms with E-state index in [1.54, 1.807) is 65.1 Å². The molecule has 4 aliphatic rings. The minimum Gasteiger partial charge on any atom is -0.479 e. The monoisotopic (exact) mass is 1020 g/mol. The fraction of sp³-hybridized carbons (Fsp3) is 0.353. The van der Waals surface area contributed by atoms with Gasteiger partial charge in [-0.05, 0) is 129 Å². The molecule has 0 radical (unpaired) electrons. The van der Waals surface area contributed by atoms with E-state index in [4.69, 9.17) is 26.4 Å². The Balaban J connectivity index is 0.779. The van der Waals surface area contributed by atoms with Gasteiger partial charge in [0, 0.05) is 41.4 Å². The molecular weight excluding hydrogens is 972 g/mol. The Morgan fingerprint density at radius 3 is 2.45 bits per heavy atom. The van der Waals surface area contributed by atoms with Crippen molar-refractivity contribution in [3.63, 3.8) is 0 Å². The quantitative estimate of drug-likeness (QED) is 0.0584. The summed E-state index contributed by atoms with van der Waals surface area (Å²) in [5, 5.41) is 25.8. The minimum absolute atomic E-state index is 0.0107. The number of ether oxygens (including phenoxy) is 1. The van der Waals surface area contributed by atoms with Crippen molar-refractivity contribution in [3.8, 4) is 16.2 Å². The van der Waals surface area contributed by atoms with Gasteiger partial charge >= 0.3 is 11.9 Å². The second-order valence-corrected chi connectivity index (χ2v) is 22.2. The fourth-order valence-electron chi connectivity index (χ4n) is 10.4. The summed E-state index contributed by atoms with van der Waals surface area (Å²) in [5.41, 5.74) is 3.77. The summed E-state index contributed by atoms with van der Waals surface area (Å²) in [5.74, 6) is -4.16. The summed E-state index contributed by atoms with van der Waals surface area (Å²) in [6, 6.07) is 22.7. The lowest BCUT2D eigenvalue weighted by molar-refractivity contribution is -0.139. The van der Waals surface area contributed by atoms with Gasteiger partial charge in [0.25, 0.3) is 5.91 Å². The van der Waals surface area contributed by atoms with Gasteiger partial charge in [-0.2, -0.15) is 4.31 Å². The molecule has 370 valence electrons. The summed E-state index contributed by atoms with van der Waals surface area (Å²) in [6.07, 6.45) is 4.85. The van der Waals surface area contributed by atoms with Crippen LogP contribution < -0.4 is 20.3 Å². The van der Waals surface area contributed by atoms with Crippen molar-refractivity contribution in [3.05, 3.63) is 105 Å². The number of carboxylic acids is 2. The van der Waals surface area contributed by atoms with Crippen molar-refractivity contribution in [1.82, 2.24) is 14.5 Å². The highest BCUT2D eigenvalue weighted by molar-refractivity contribution is 7.88. The standard InChI is InChI=1S/C51H51ClN6O11S2/c1-51(2)24-30(25-53-33-8-4-7-32(23-33)46-44(52)45(69-27-42(61)62)47(70-46)50(65)66)16-21-57(51)71(67,68)28-29-6-3-9-34(22-29)54-41(60)26-56-19-17-31(18-20-56)35-12-13-38-43-36(35)10-5-11-37(43)49(64)58(38)39-14-15-40(59)55-48(39)63/h3-13,22-23,25,30-31,39H,14-21,24,26-28H2,1-2H3,(H,54,60)(H,61,62)(H,65,66)(H,55,59,63). The first-order valence-corrected chi connectivity index (χ1v) is 26.1. The first-order valence-electron chi connectivity index (χ1n) is 23.3. The predicted molar refractivity (Wildman–Crippen MR) is 270 cm³/mol. The Labute approximate surface area is 418 Å². The van der Waals surface area contributed by atoms with Gasteiger partial charge in [-0.1, -0.05) is 54.1 Å². The zero-order chi connectivity index (χ0) is 50.4. The fourth-order valence-corrected chi connectivity index (χ4v) is 13.8. The van der Waals surface area contributed by atoms with Crippen molar-refractivity contribution in [2.45, 2.75) is 75.6 Å². The van der Waals surface area contributed by atoms with Gasteiger partial charge in [0.15, 0.2) is 17.2 Å². The number of carbonyl (C=O) groups excluding carboxylic acids is 4. The number of amides is 4. The third-order valence-corrected chi connectivity index (χ3v) is 17.3. The molecule has 4 aliphatic heterocycles. The molecule has 0 spiro atoms. The molecule has 4 amide bonds. The number of anilines is 2. The number of thiophene rings is 1. The molecule has 9 rings (SSSR count). The lowest BCUT2D eigenvalue weighted by atomic mass is 9.85. The molecule has 2 unspecified atom stereocenters. The topological polar surface area (TPSA) is 232 Å². The Morgan fingerprint density at radius 2 is 1.72 bits per heavy atom. The Hall–Kier alpha value is -6.51. The van der Waals surface area contributed by atoms with Crippen LogP contribution in [-0.2, 0) is 35.0 Å². The molecular formula is C51H51ClN6O11S2. The molecule has 0 aliphatic carbocycles. The number of carboxylic acid groups (broad SMARTS) is 2. The first kappa shape index (κ1) is 49.5. The summed E-state index contributed by atoms with van der Waals surface area (Å²) < 4.78 is 34.8. The van der Waals surface area contributed by atoms with E-state index in [0.29, 0.717) is 64.6 Å². The number of aromatic carboxylic acids is 1. The molecule has 4 N–H and O–H groups in total. The smallest absolute Gasteiger partial charge is 0.349 e. The molecule has 0 bridgehead atoms. The van der Waals surface area contributed by atoms with Crippen molar-refractivity contribution in [2.24, 2.45) is 10.9 Å². The number of nitrogens with one attached hydrogen (secondary N) is 2. The summed E-state index contributed by atoms with van der Waals surface area (Å²) >= 11 is 7.37. The number of imide groups is 1. The number of benzene rings is 4. The van der Waals surface area contributed by atoms with Gasteiger partial charge in [0.2, 0.25) is 27.7 Å². The van der Waals surface area contributed by atoms with Crippen LogP contribution in [0.4, 0.5) is 17.1 Å². The van der Waals surface area contributed by atoms with Crippen molar-refractivity contribution in [2.75, 3.05) is 43.0 Å². The maximum atomic E-state index is 14.0. The van der Waals surface area contributed by atoms with E-state index in [9.17, 15) is 42.3 Å². The third kappa shape index (κ3) is 10.3.